The second-order valence-electron chi connectivity index (χ2n) is 7.79. The van der Waals surface area contributed by atoms with Gasteiger partial charge in [0, 0.05) is 11.1 Å². The number of amides is 1. The molecule has 0 aliphatic carbocycles. The summed E-state index contributed by atoms with van der Waals surface area (Å²) in [6, 6.07) is 16.3. The molecule has 0 aliphatic heterocycles. The lowest BCUT2D eigenvalue weighted by molar-refractivity contribution is 0.102. The van der Waals surface area contributed by atoms with Crippen LogP contribution in [0.2, 0.25) is 5.02 Å². The zero-order chi connectivity index (χ0) is 22.1. The summed E-state index contributed by atoms with van der Waals surface area (Å²) in [7, 11) is 0. The minimum atomic E-state index is -0.265. The Morgan fingerprint density at radius 1 is 1.06 bits per heavy atom. The number of hydrogen-bond donors (Lipinski definition) is 1. The molecule has 1 N–H and O–H groups in total. The summed E-state index contributed by atoms with van der Waals surface area (Å²) in [6.07, 6.45) is 0.0702. The van der Waals surface area contributed by atoms with Crippen LogP contribution < -0.4 is 10.1 Å². The number of rotatable bonds is 5. The fourth-order valence-corrected chi connectivity index (χ4v) is 3.57. The van der Waals surface area contributed by atoms with E-state index < -0.39 is 0 Å². The van der Waals surface area contributed by atoms with Crippen molar-refractivity contribution in [2.75, 3.05) is 5.32 Å². The molecule has 158 valence electrons. The standard InChI is InChI=1S/C25H23ClN2O3/c1-14(2)30-19-8-5-17(6-9-19)24(29)27-21-13-18(7-10-20(21)26)25-28-22-12-15(3)11-16(4)23(22)31-25/h5-14H,1-4H3,(H,27,29). The van der Waals surface area contributed by atoms with Gasteiger partial charge >= 0.3 is 0 Å². The zero-order valence-corrected chi connectivity index (χ0v) is 18.6. The molecule has 0 saturated carbocycles. The fourth-order valence-electron chi connectivity index (χ4n) is 3.41. The highest BCUT2D eigenvalue weighted by molar-refractivity contribution is 6.34. The van der Waals surface area contributed by atoms with Gasteiger partial charge in [-0.15, -0.1) is 0 Å². The van der Waals surface area contributed by atoms with Gasteiger partial charge in [-0.25, -0.2) is 4.98 Å². The number of anilines is 1. The SMILES string of the molecule is Cc1cc(C)c2oc(-c3ccc(Cl)c(NC(=O)c4ccc(OC(C)C)cc4)c3)nc2c1. The maximum Gasteiger partial charge on any atom is 0.255 e. The number of hydrogen-bond acceptors (Lipinski definition) is 4. The zero-order valence-electron chi connectivity index (χ0n) is 17.8. The first-order valence-electron chi connectivity index (χ1n) is 10.1. The van der Waals surface area contributed by atoms with E-state index in [-0.39, 0.29) is 12.0 Å². The molecule has 0 radical (unpaired) electrons. The molecule has 0 atom stereocenters. The molecule has 0 spiro atoms. The van der Waals surface area contributed by atoms with Gasteiger partial charge in [-0.2, -0.15) is 0 Å². The number of nitrogens with zero attached hydrogens (tertiary/aromatic N) is 1. The Hall–Kier alpha value is -3.31. The van der Waals surface area contributed by atoms with Crippen LogP contribution in [-0.2, 0) is 0 Å². The average molecular weight is 435 g/mol. The molecule has 0 bridgehead atoms. The van der Waals surface area contributed by atoms with Gasteiger partial charge in [0.1, 0.15) is 11.3 Å². The largest absolute Gasteiger partial charge is 0.491 e. The third kappa shape index (κ3) is 4.57. The van der Waals surface area contributed by atoms with Crippen molar-refractivity contribution in [3.63, 3.8) is 0 Å². The Kier molecular flexibility index (Phi) is 5.70. The topological polar surface area (TPSA) is 64.4 Å². The van der Waals surface area contributed by atoms with Crippen LogP contribution in [0.25, 0.3) is 22.6 Å². The van der Waals surface area contributed by atoms with Crippen LogP contribution in [0.3, 0.4) is 0 Å². The average Bonchev–Trinajstić information content (AvgIpc) is 3.14. The molecular formula is C25H23ClN2O3. The lowest BCUT2D eigenvalue weighted by atomic mass is 10.1. The molecule has 1 aromatic heterocycles. The molecule has 1 amide bonds. The van der Waals surface area contributed by atoms with E-state index in [1.54, 1.807) is 36.4 Å². The summed E-state index contributed by atoms with van der Waals surface area (Å²) in [5, 5.41) is 3.30. The van der Waals surface area contributed by atoms with Crippen molar-refractivity contribution in [3.05, 3.63) is 76.3 Å². The van der Waals surface area contributed by atoms with Gasteiger partial charge < -0.3 is 14.5 Å². The molecule has 0 fully saturated rings. The molecular weight excluding hydrogens is 412 g/mol. The number of nitrogens with one attached hydrogen (secondary N) is 1. The number of oxazole rings is 1. The highest BCUT2D eigenvalue weighted by atomic mass is 35.5. The summed E-state index contributed by atoms with van der Waals surface area (Å²) >= 11 is 6.34. The Bertz CT molecular complexity index is 1260. The Balaban J connectivity index is 1.59. The van der Waals surface area contributed by atoms with Crippen LogP contribution in [0.15, 0.2) is 59.0 Å². The highest BCUT2D eigenvalue weighted by Gasteiger charge is 2.14. The smallest absolute Gasteiger partial charge is 0.255 e. The van der Waals surface area contributed by atoms with Crippen molar-refractivity contribution in [2.45, 2.75) is 33.8 Å². The second kappa shape index (κ2) is 8.44. The van der Waals surface area contributed by atoms with Crippen LogP contribution in [0.5, 0.6) is 5.75 Å². The number of fused-ring (bicyclic) bond motifs is 1. The molecule has 0 unspecified atom stereocenters. The first-order chi connectivity index (χ1) is 14.8. The summed E-state index contributed by atoms with van der Waals surface area (Å²) in [6.45, 7) is 7.93. The lowest BCUT2D eigenvalue weighted by Gasteiger charge is -2.11. The van der Waals surface area contributed by atoms with Crippen molar-refractivity contribution in [2.24, 2.45) is 0 Å². The first kappa shape index (κ1) is 20.9. The minimum absolute atomic E-state index is 0.0702. The normalized spacial score (nSPS) is 11.2. The van der Waals surface area contributed by atoms with Gasteiger partial charge in [-0.1, -0.05) is 17.7 Å². The Morgan fingerprint density at radius 3 is 2.52 bits per heavy atom. The van der Waals surface area contributed by atoms with Crippen LogP contribution in [-0.4, -0.2) is 17.0 Å². The maximum atomic E-state index is 12.7. The monoisotopic (exact) mass is 434 g/mol. The minimum Gasteiger partial charge on any atom is -0.491 e. The molecule has 0 aliphatic rings. The second-order valence-corrected chi connectivity index (χ2v) is 8.20. The van der Waals surface area contributed by atoms with E-state index in [0.717, 1.165) is 27.8 Å². The van der Waals surface area contributed by atoms with E-state index in [1.807, 2.05) is 39.8 Å². The van der Waals surface area contributed by atoms with E-state index in [1.165, 1.54) is 0 Å². The molecule has 3 aromatic carbocycles. The molecule has 4 aromatic rings. The number of aromatic nitrogens is 1. The maximum absolute atomic E-state index is 12.7. The molecule has 1 heterocycles. The van der Waals surface area contributed by atoms with Gasteiger partial charge in [-0.3, -0.25) is 4.79 Å². The molecule has 6 heteroatoms. The number of aryl methyl sites for hydroxylation is 2. The van der Waals surface area contributed by atoms with Crippen molar-refractivity contribution >= 4 is 34.3 Å². The highest BCUT2D eigenvalue weighted by Crippen LogP contribution is 2.32. The summed E-state index contributed by atoms with van der Waals surface area (Å²) in [5.41, 5.74) is 5.43. The number of ether oxygens (including phenoxy) is 1. The Morgan fingerprint density at radius 2 is 1.81 bits per heavy atom. The number of carbonyl (C=O) groups excluding carboxylic acids is 1. The number of benzene rings is 3. The van der Waals surface area contributed by atoms with Crippen molar-refractivity contribution in [1.82, 2.24) is 4.98 Å². The third-order valence-corrected chi connectivity index (χ3v) is 5.10. The van der Waals surface area contributed by atoms with E-state index in [9.17, 15) is 4.79 Å². The fraction of sp³-hybridized carbons (Fsp3) is 0.200. The number of carbonyl (C=O) groups is 1. The van der Waals surface area contributed by atoms with Gasteiger partial charge in [0.25, 0.3) is 5.91 Å². The van der Waals surface area contributed by atoms with Gasteiger partial charge in [-0.05, 0) is 87.4 Å². The summed E-state index contributed by atoms with van der Waals surface area (Å²) < 4.78 is 11.6. The number of halogens is 1. The van der Waals surface area contributed by atoms with E-state index in [4.69, 9.17) is 20.8 Å². The first-order valence-corrected chi connectivity index (χ1v) is 10.4. The molecule has 31 heavy (non-hydrogen) atoms. The molecule has 5 nitrogen and oxygen atoms in total. The van der Waals surface area contributed by atoms with Crippen molar-refractivity contribution in [1.29, 1.82) is 0 Å². The van der Waals surface area contributed by atoms with Gasteiger partial charge in [0.15, 0.2) is 5.58 Å². The van der Waals surface area contributed by atoms with Crippen LogP contribution >= 0.6 is 11.6 Å². The van der Waals surface area contributed by atoms with Crippen LogP contribution in [0, 0.1) is 13.8 Å². The van der Waals surface area contributed by atoms with Crippen molar-refractivity contribution in [3.8, 4) is 17.2 Å². The predicted molar refractivity (Wildman–Crippen MR) is 124 cm³/mol. The van der Waals surface area contributed by atoms with Gasteiger partial charge in [0.2, 0.25) is 5.89 Å². The third-order valence-electron chi connectivity index (χ3n) is 4.77. The summed E-state index contributed by atoms with van der Waals surface area (Å²) in [5.74, 6) is 0.929. The van der Waals surface area contributed by atoms with Gasteiger partial charge in [0.05, 0.1) is 16.8 Å². The molecule has 0 saturated heterocycles. The Labute approximate surface area is 186 Å². The molecule has 4 rings (SSSR count). The van der Waals surface area contributed by atoms with Crippen molar-refractivity contribution < 1.29 is 13.9 Å². The van der Waals surface area contributed by atoms with E-state index in [0.29, 0.717) is 27.9 Å². The lowest BCUT2D eigenvalue weighted by Crippen LogP contribution is -2.12. The quantitative estimate of drug-likeness (QED) is 0.375. The van der Waals surface area contributed by atoms with Crippen LogP contribution in [0.4, 0.5) is 5.69 Å². The van der Waals surface area contributed by atoms with Crippen LogP contribution in [0.1, 0.15) is 35.3 Å². The van der Waals surface area contributed by atoms with E-state index >= 15 is 0 Å². The van der Waals surface area contributed by atoms with E-state index in [2.05, 4.69) is 16.4 Å². The predicted octanol–water partition coefficient (Wildman–Crippen LogP) is 6.80. The summed E-state index contributed by atoms with van der Waals surface area (Å²) in [4.78, 5) is 17.3.